The van der Waals surface area contributed by atoms with E-state index in [4.69, 9.17) is 18.9 Å². The van der Waals surface area contributed by atoms with E-state index in [2.05, 4.69) is 14.9 Å². The summed E-state index contributed by atoms with van der Waals surface area (Å²) in [5, 5.41) is 2.87. The molecule has 0 unspecified atom stereocenters. The summed E-state index contributed by atoms with van der Waals surface area (Å²) >= 11 is 0. The van der Waals surface area contributed by atoms with Crippen LogP contribution in [0.3, 0.4) is 0 Å². The molecule has 3 aromatic rings. The SMILES string of the molecule is COc1ccc(NS(=O)(=O)c2ccc(N3CCCC3)c(NC(=O)C=Cc3cc(OC)c(OC)c(OC)c3)c2)cc1. The standard InChI is InChI=1S/C29H33N3O7S/c1-36-22-10-8-21(9-11-22)31-40(34,35)23-12-13-25(32-15-5-6-16-32)24(19-23)30-28(33)14-7-20-17-26(37-2)29(39-4)27(18-20)38-3/h7-14,17-19,31H,5-6,15-16H2,1-4H3,(H,30,33). The molecule has 11 heteroatoms. The largest absolute Gasteiger partial charge is 0.497 e. The minimum absolute atomic E-state index is 0.0233. The number of anilines is 3. The van der Waals surface area contributed by atoms with Crippen LogP contribution in [0.2, 0.25) is 0 Å². The number of carbonyl (C=O) groups excluding carboxylic acids is 1. The Hall–Kier alpha value is -4.38. The van der Waals surface area contributed by atoms with Gasteiger partial charge in [-0.2, -0.15) is 0 Å². The van der Waals surface area contributed by atoms with E-state index in [-0.39, 0.29) is 4.90 Å². The molecule has 3 aromatic carbocycles. The van der Waals surface area contributed by atoms with Gasteiger partial charge in [0.25, 0.3) is 10.0 Å². The van der Waals surface area contributed by atoms with Gasteiger partial charge in [0, 0.05) is 24.9 Å². The Balaban J connectivity index is 1.60. The van der Waals surface area contributed by atoms with Gasteiger partial charge in [-0.15, -0.1) is 0 Å². The van der Waals surface area contributed by atoms with Crippen LogP contribution < -0.4 is 33.9 Å². The van der Waals surface area contributed by atoms with Gasteiger partial charge in [0.05, 0.1) is 44.7 Å². The van der Waals surface area contributed by atoms with Gasteiger partial charge in [-0.05, 0) is 79.1 Å². The predicted octanol–water partition coefficient (Wildman–Crippen LogP) is 4.77. The van der Waals surface area contributed by atoms with Crippen molar-refractivity contribution in [3.63, 3.8) is 0 Å². The molecule has 0 radical (unpaired) electrons. The average Bonchev–Trinajstić information content (AvgIpc) is 3.50. The van der Waals surface area contributed by atoms with E-state index in [0.29, 0.717) is 39.9 Å². The number of sulfonamides is 1. The maximum atomic E-state index is 13.2. The fourth-order valence-electron chi connectivity index (χ4n) is 4.43. The number of benzene rings is 3. The van der Waals surface area contributed by atoms with Crippen molar-refractivity contribution in [2.24, 2.45) is 0 Å². The molecule has 0 aromatic heterocycles. The van der Waals surface area contributed by atoms with Crippen LogP contribution in [0.15, 0.2) is 65.6 Å². The Kier molecular flexibility index (Phi) is 9.05. The normalized spacial score (nSPS) is 13.2. The molecule has 0 atom stereocenters. The molecule has 0 bridgehead atoms. The van der Waals surface area contributed by atoms with E-state index < -0.39 is 15.9 Å². The van der Waals surface area contributed by atoms with E-state index >= 15 is 0 Å². The van der Waals surface area contributed by atoms with E-state index in [1.54, 1.807) is 54.6 Å². The number of rotatable bonds is 11. The topological polar surface area (TPSA) is 115 Å². The van der Waals surface area contributed by atoms with Gasteiger partial charge in [0.1, 0.15) is 5.75 Å². The van der Waals surface area contributed by atoms with Gasteiger partial charge in [-0.1, -0.05) is 0 Å². The summed E-state index contributed by atoms with van der Waals surface area (Å²) in [6, 6.07) is 14.8. The Morgan fingerprint density at radius 2 is 1.50 bits per heavy atom. The molecule has 40 heavy (non-hydrogen) atoms. The van der Waals surface area contributed by atoms with Gasteiger partial charge < -0.3 is 29.2 Å². The van der Waals surface area contributed by atoms with Gasteiger partial charge in [-0.3, -0.25) is 9.52 Å². The summed E-state index contributed by atoms with van der Waals surface area (Å²) in [6.07, 6.45) is 5.02. The minimum Gasteiger partial charge on any atom is -0.497 e. The Labute approximate surface area is 234 Å². The van der Waals surface area contributed by atoms with Gasteiger partial charge >= 0.3 is 0 Å². The molecule has 1 heterocycles. The minimum atomic E-state index is -3.93. The number of hydrogen-bond donors (Lipinski definition) is 2. The highest BCUT2D eigenvalue weighted by Crippen LogP contribution is 2.38. The zero-order chi connectivity index (χ0) is 28.7. The van der Waals surface area contributed by atoms with Crippen LogP contribution in [-0.4, -0.2) is 55.9 Å². The molecule has 1 amide bonds. The molecule has 1 aliphatic rings. The molecular formula is C29H33N3O7S. The summed E-state index contributed by atoms with van der Waals surface area (Å²) in [7, 11) is 2.16. The van der Waals surface area contributed by atoms with Crippen LogP contribution >= 0.6 is 0 Å². The van der Waals surface area contributed by atoms with Crippen LogP contribution in [0.4, 0.5) is 17.1 Å². The first-order chi connectivity index (χ1) is 19.3. The summed E-state index contributed by atoms with van der Waals surface area (Å²) in [5.74, 6) is 1.55. The summed E-state index contributed by atoms with van der Waals surface area (Å²) in [4.78, 5) is 15.2. The van der Waals surface area contributed by atoms with Crippen molar-refractivity contribution in [2.75, 3.05) is 56.5 Å². The lowest BCUT2D eigenvalue weighted by Gasteiger charge is -2.22. The third-order valence-corrected chi connectivity index (χ3v) is 7.82. The van der Waals surface area contributed by atoms with Crippen molar-refractivity contribution in [1.29, 1.82) is 0 Å². The second kappa shape index (κ2) is 12.6. The summed E-state index contributed by atoms with van der Waals surface area (Å²) in [5.41, 5.74) is 2.21. The van der Waals surface area contributed by atoms with Crippen LogP contribution in [0.1, 0.15) is 18.4 Å². The first-order valence-corrected chi connectivity index (χ1v) is 14.1. The molecule has 1 aliphatic heterocycles. The number of carbonyl (C=O) groups is 1. The third kappa shape index (κ3) is 6.60. The highest BCUT2D eigenvalue weighted by atomic mass is 32.2. The molecule has 2 N–H and O–H groups in total. The van der Waals surface area contributed by atoms with Crippen molar-refractivity contribution in [2.45, 2.75) is 17.7 Å². The molecular weight excluding hydrogens is 534 g/mol. The lowest BCUT2D eigenvalue weighted by atomic mass is 10.1. The van der Waals surface area contributed by atoms with E-state index in [1.807, 2.05) is 0 Å². The van der Waals surface area contributed by atoms with Crippen LogP contribution in [0, 0.1) is 0 Å². The molecule has 4 rings (SSSR count). The predicted molar refractivity (Wildman–Crippen MR) is 155 cm³/mol. The number of ether oxygens (including phenoxy) is 4. The maximum Gasteiger partial charge on any atom is 0.261 e. The number of nitrogens with zero attached hydrogens (tertiary/aromatic N) is 1. The number of hydrogen-bond acceptors (Lipinski definition) is 8. The second-order valence-corrected chi connectivity index (χ2v) is 10.7. The molecule has 0 aliphatic carbocycles. The second-order valence-electron chi connectivity index (χ2n) is 8.99. The Bertz CT molecular complexity index is 1460. The van der Waals surface area contributed by atoms with Crippen molar-refractivity contribution in [3.05, 3.63) is 66.2 Å². The molecule has 10 nitrogen and oxygen atoms in total. The van der Waals surface area contributed by atoms with Crippen molar-refractivity contribution in [1.82, 2.24) is 0 Å². The monoisotopic (exact) mass is 567 g/mol. The fourth-order valence-corrected chi connectivity index (χ4v) is 5.52. The number of nitrogens with one attached hydrogen (secondary N) is 2. The zero-order valence-corrected chi connectivity index (χ0v) is 23.7. The average molecular weight is 568 g/mol. The lowest BCUT2D eigenvalue weighted by Crippen LogP contribution is -2.21. The first-order valence-electron chi connectivity index (χ1n) is 12.6. The fraction of sp³-hybridized carbons (Fsp3) is 0.276. The number of amides is 1. The maximum absolute atomic E-state index is 13.2. The molecule has 212 valence electrons. The van der Waals surface area contributed by atoms with Crippen LogP contribution in [0.5, 0.6) is 23.0 Å². The van der Waals surface area contributed by atoms with Crippen molar-refractivity contribution >= 4 is 39.1 Å². The van der Waals surface area contributed by atoms with E-state index in [1.165, 1.54) is 40.6 Å². The van der Waals surface area contributed by atoms with Crippen LogP contribution in [-0.2, 0) is 14.8 Å². The van der Waals surface area contributed by atoms with Gasteiger partial charge in [-0.25, -0.2) is 8.42 Å². The Morgan fingerprint density at radius 3 is 2.08 bits per heavy atom. The third-order valence-electron chi connectivity index (χ3n) is 6.44. The molecule has 0 spiro atoms. The lowest BCUT2D eigenvalue weighted by molar-refractivity contribution is -0.111. The molecule has 1 saturated heterocycles. The summed E-state index contributed by atoms with van der Waals surface area (Å²) in [6.45, 7) is 1.64. The number of methoxy groups -OCH3 is 4. The van der Waals surface area contributed by atoms with Crippen molar-refractivity contribution in [3.8, 4) is 23.0 Å². The highest BCUT2D eigenvalue weighted by molar-refractivity contribution is 7.92. The first kappa shape index (κ1) is 28.6. The van der Waals surface area contributed by atoms with Crippen molar-refractivity contribution < 1.29 is 32.2 Å². The van der Waals surface area contributed by atoms with Gasteiger partial charge in [0.15, 0.2) is 11.5 Å². The summed E-state index contributed by atoms with van der Waals surface area (Å²) < 4.78 is 50.2. The highest BCUT2D eigenvalue weighted by Gasteiger charge is 2.21. The smallest absolute Gasteiger partial charge is 0.261 e. The quantitative estimate of drug-likeness (QED) is 0.318. The van der Waals surface area contributed by atoms with Crippen LogP contribution in [0.25, 0.3) is 6.08 Å². The zero-order valence-electron chi connectivity index (χ0n) is 22.9. The molecule has 0 saturated carbocycles. The van der Waals surface area contributed by atoms with Gasteiger partial charge in [0.2, 0.25) is 11.7 Å². The van der Waals surface area contributed by atoms with E-state index in [9.17, 15) is 13.2 Å². The van der Waals surface area contributed by atoms with E-state index in [0.717, 1.165) is 31.6 Å². The molecule has 1 fully saturated rings. The Morgan fingerprint density at radius 1 is 0.850 bits per heavy atom.